The van der Waals surface area contributed by atoms with Crippen LogP contribution in [0.4, 0.5) is 11.4 Å². The van der Waals surface area contributed by atoms with Crippen molar-refractivity contribution in [2.24, 2.45) is 11.8 Å². The largest absolute Gasteiger partial charge is 0.352 e. The van der Waals surface area contributed by atoms with E-state index in [9.17, 15) is 14.4 Å². The number of ketones is 2. The SMILES string of the molecule is CC(C)Cc1ccc(C(=O)[C@@H]2[C@H](C(=O)c3cccs3)N3c4ccccc4C=C[C@H]3[C@]23C(=O)Nc2ccccc23)cc1. The van der Waals surface area contributed by atoms with Crippen LogP contribution in [-0.2, 0) is 16.6 Å². The minimum absolute atomic E-state index is 0.140. The highest BCUT2D eigenvalue weighted by Gasteiger charge is 2.70. The van der Waals surface area contributed by atoms with E-state index in [2.05, 4.69) is 24.1 Å². The van der Waals surface area contributed by atoms with Gasteiger partial charge in [-0.3, -0.25) is 14.4 Å². The molecule has 0 aliphatic carbocycles. The first-order chi connectivity index (χ1) is 19.9. The van der Waals surface area contributed by atoms with Crippen molar-refractivity contribution in [1.82, 2.24) is 0 Å². The molecule has 6 heteroatoms. The zero-order valence-corrected chi connectivity index (χ0v) is 23.7. The maximum absolute atomic E-state index is 14.9. The summed E-state index contributed by atoms with van der Waals surface area (Å²) >= 11 is 1.37. The van der Waals surface area contributed by atoms with Crippen molar-refractivity contribution in [2.75, 3.05) is 10.2 Å². The number of amides is 1. The summed E-state index contributed by atoms with van der Waals surface area (Å²) in [5, 5.41) is 4.96. The smallest absolute Gasteiger partial charge is 0.238 e. The normalized spacial score (nSPS) is 23.8. The van der Waals surface area contributed by atoms with Crippen LogP contribution in [-0.4, -0.2) is 29.6 Å². The van der Waals surface area contributed by atoms with Crippen molar-refractivity contribution in [3.05, 3.63) is 124 Å². The van der Waals surface area contributed by atoms with Crippen LogP contribution in [0.1, 0.15) is 50.6 Å². The fraction of sp³-hybridized carbons (Fsp3) is 0.229. The number of hydrogen-bond donors (Lipinski definition) is 1. The molecule has 5 nitrogen and oxygen atoms in total. The van der Waals surface area contributed by atoms with Gasteiger partial charge in [-0.25, -0.2) is 0 Å². The van der Waals surface area contributed by atoms with Crippen LogP contribution in [0, 0.1) is 11.8 Å². The van der Waals surface area contributed by atoms with Crippen molar-refractivity contribution in [3.8, 4) is 0 Å². The Morgan fingerprint density at radius 3 is 2.44 bits per heavy atom. The summed E-state index contributed by atoms with van der Waals surface area (Å²) in [6, 6.07) is 25.5. The molecule has 1 amide bonds. The molecule has 4 aromatic rings. The third-order valence-corrected chi connectivity index (χ3v) is 9.62. The van der Waals surface area contributed by atoms with E-state index in [1.165, 1.54) is 11.3 Å². The molecule has 1 fully saturated rings. The van der Waals surface area contributed by atoms with E-state index in [1.807, 2.05) is 102 Å². The van der Waals surface area contributed by atoms with Crippen molar-refractivity contribution >= 4 is 46.3 Å². The number of fused-ring (bicyclic) bond motifs is 6. The van der Waals surface area contributed by atoms with Crippen LogP contribution >= 0.6 is 11.3 Å². The lowest BCUT2D eigenvalue weighted by atomic mass is 9.64. The molecule has 0 radical (unpaired) electrons. The number of Topliss-reactive ketones (excluding diaryl/α,β-unsaturated/α-hetero) is 2. The topological polar surface area (TPSA) is 66.5 Å². The molecule has 204 valence electrons. The third kappa shape index (κ3) is 3.77. The molecule has 1 N–H and O–H groups in total. The number of rotatable bonds is 6. The highest BCUT2D eigenvalue weighted by molar-refractivity contribution is 7.12. The van der Waals surface area contributed by atoms with Gasteiger partial charge in [0.1, 0.15) is 11.5 Å². The zero-order chi connectivity index (χ0) is 28.3. The van der Waals surface area contributed by atoms with E-state index in [1.54, 1.807) is 0 Å². The second kappa shape index (κ2) is 9.67. The van der Waals surface area contributed by atoms with Gasteiger partial charge in [0.25, 0.3) is 0 Å². The zero-order valence-electron chi connectivity index (χ0n) is 22.9. The van der Waals surface area contributed by atoms with Crippen molar-refractivity contribution in [2.45, 2.75) is 37.8 Å². The van der Waals surface area contributed by atoms with Crippen LogP contribution in [0.3, 0.4) is 0 Å². The van der Waals surface area contributed by atoms with E-state index >= 15 is 0 Å². The first-order valence-electron chi connectivity index (χ1n) is 14.1. The van der Waals surface area contributed by atoms with Gasteiger partial charge in [0.15, 0.2) is 11.6 Å². The lowest BCUT2D eigenvalue weighted by Crippen LogP contribution is -2.51. The number of carbonyl (C=O) groups excluding carboxylic acids is 3. The molecule has 3 aromatic carbocycles. The minimum atomic E-state index is -1.29. The van der Waals surface area contributed by atoms with Crippen LogP contribution < -0.4 is 10.2 Å². The Morgan fingerprint density at radius 1 is 0.927 bits per heavy atom. The first-order valence-corrected chi connectivity index (χ1v) is 15.0. The molecule has 41 heavy (non-hydrogen) atoms. The Kier molecular flexibility index (Phi) is 6.05. The lowest BCUT2D eigenvalue weighted by molar-refractivity contribution is -0.121. The molecule has 0 bridgehead atoms. The van der Waals surface area contributed by atoms with Crippen molar-refractivity contribution in [1.29, 1.82) is 0 Å². The van der Waals surface area contributed by atoms with Crippen LogP contribution in [0.15, 0.2) is 96.4 Å². The standard InChI is InChI=1S/C35H30N2O3S/c1-21(2)20-22-13-15-24(16-14-22)32(38)30-31(33(39)28-12-7-19-41-28)37-27-11-6-3-8-23(27)17-18-29(37)35(30)25-9-4-5-10-26(25)36-34(35)40/h3-19,21,29-31H,20H2,1-2H3,(H,36,40)/t29-,30-,31+,35-/m0/s1. The average molecular weight is 559 g/mol. The Hall–Kier alpha value is -4.29. The summed E-state index contributed by atoms with van der Waals surface area (Å²) in [6.45, 7) is 4.33. The predicted molar refractivity (Wildman–Crippen MR) is 164 cm³/mol. The van der Waals surface area contributed by atoms with Gasteiger partial charge < -0.3 is 10.2 Å². The number of benzene rings is 3. The fourth-order valence-electron chi connectivity index (χ4n) is 7.14. The Labute approximate surface area is 243 Å². The number of carbonyl (C=O) groups is 3. The average Bonchev–Trinajstić information content (AvgIpc) is 3.69. The van der Waals surface area contributed by atoms with Gasteiger partial charge in [0.05, 0.1) is 16.8 Å². The van der Waals surface area contributed by atoms with Crippen molar-refractivity contribution < 1.29 is 14.4 Å². The Morgan fingerprint density at radius 2 is 1.68 bits per heavy atom. The number of nitrogens with one attached hydrogen (secondary N) is 1. The van der Waals surface area contributed by atoms with E-state index in [0.717, 1.165) is 28.8 Å². The van der Waals surface area contributed by atoms with Crippen LogP contribution in [0.5, 0.6) is 0 Å². The van der Waals surface area contributed by atoms with Gasteiger partial charge in [0.2, 0.25) is 5.91 Å². The van der Waals surface area contributed by atoms with Crippen LogP contribution in [0.25, 0.3) is 6.08 Å². The molecule has 0 saturated carbocycles. The molecule has 4 atom stereocenters. The number of nitrogens with zero attached hydrogens (tertiary/aromatic N) is 1. The minimum Gasteiger partial charge on any atom is -0.352 e. The van der Waals surface area contributed by atoms with Crippen molar-refractivity contribution in [3.63, 3.8) is 0 Å². The van der Waals surface area contributed by atoms with Gasteiger partial charge >= 0.3 is 0 Å². The van der Waals surface area contributed by atoms with E-state index < -0.39 is 23.4 Å². The molecule has 1 spiro atoms. The molecule has 1 saturated heterocycles. The monoisotopic (exact) mass is 558 g/mol. The summed E-state index contributed by atoms with van der Waals surface area (Å²) in [5.41, 5.74) is 3.66. The van der Waals surface area contributed by atoms with Crippen LogP contribution in [0.2, 0.25) is 0 Å². The lowest BCUT2D eigenvalue weighted by Gasteiger charge is -2.37. The maximum Gasteiger partial charge on any atom is 0.238 e. The summed E-state index contributed by atoms with van der Waals surface area (Å²) < 4.78 is 0. The first kappa shape index (κ1) is 25.7. The third-order valence-electron chi connectivity index (χ3n) is 8.74. The summed E-state index contributed by atoms with van der Waals surface area (Å²) in [5.74, 6) is -1.03. The van der Waals surface area contributed by atoms with Gasteiger partial charge in [0, 0.05) is 16.9 Å². The van der Waals surface area contributed by atoms with Gasteiger partial charge in [-0.15, -0.1) is 11.3 Å². The van der Waals surface area contributed by atoms with Gasteiger partial charge in [-0.05, 0) is 52.6 Å². The number of hydrogen-bond acceptors (Lipinski definition) is 5. The molecule has 0 unspecified atom stereocenters. The number of thiophene rings is 1. The Bertz CT molecular complexity index is 1710. The quantitative estimate of drug-likeness (QED) is 0.264. The molecule has 3 aliphatic heterocycles. The van der Waals surface area contributed by atoms with Gasteiger partial charge in [-0.1, -0.05) is 92.7 Å². The molecule has 3 aliphatic rings. The molecule has 4 heterocycles. The molecular formula is C35H30N2O3S. The molecule has 1 aromatic heterocycles. The van der Waals surface area contributed by atoms with Gasteiger partial charge in [-0.2, -0.15) is 0 Å². The highest BCUT2D eigenvalue weighted by Crippen LogP contribution is 2.58. The van der Waals surface area contributed by atoms with E-state index in [-0.39, 0.29) is 17.5 Å². The number of para-hydroxylation sites is 2. The second-order valence-corrected chi connectivity index (χ2v) is 12.5. The summed E-state index contributed by atoms with van der Waals surface area (Å²) in [6.07, 6.45) is 4.94. The second-order valence-electron chi connectivity index (χ2n) is 11.6. The van der Waals surface area contributed by atoms with E-state index in [4.69, 9.17) is 0 Å². The van der Waals surface area contributed by atoms with E-state index in [0.29, 0.717) is 22.0 Å². The number of anilines is 2. The molecule has 7 rings (SSSR count). The summed E-state index contributed by atoms with van der Waals surface area (Å²) in [4.78, 5) is 46.4. The predicted octanol–water partition coefficient (Wildman–Crippen LogP) is 6.80. The highest BCUT2D eigenvalue weighted by atomic mass is 32.1. The Balaban J connectivity index is 1.48. The maximum atomic E-state index is 14.9. The fourth-order valence-corrected chi connectivity index (χ4v) is 7.84. The molecular weight excluding hydrogens is 528 g/mol. The summed E-state index contributed by atoms with van der Waals surface area (Å²) in [7, 11) is 0.